The zero-order valence-corrected chi connectivity index (χ0v) is 19.3. The van der Waals surface area contributed by atoms with Gasteiger partial charge in [0.05, 0.1) is 9.58 Å². The second-order valence-electron chi connectivity index (χ2n) is 7.67. The standard InChI is InChI=1S/C22H24N4OS3/c1-28-22-25-24-19(26(22)14-7-2-3-8-14)11-6-12-23-21(27)18-13-17-20(30-18)15-9-4-5-10-16(15)29-17/h4-5,9-10,13-14H,2-3,6-8,11-12H2,1H3,(H,23,27). The van der Waals surface area contributed by atoms with Gasteiger partial charge < -0.3 is 9.88 Å². The van der Waals surface area contributed by atoms with Crippen LogP contribution in [0.3, 0.4) is 0 Å². The second kappa shape index (κ2) is 8.69. The Bertz CT molecular complexity index is 1190. The molecular formula is C22H24N4OS3. The molecule has 1 aliphatic carbocycles. The van der Waals surface area contributed by atoms with Gasteiger partial charge in [0, 0.05) is 33.8 Å². The van der Waals surface area contributed by atoms with E-state index in [1.165, 1.54) is 45.2 Å². The van der Waals surface area contributed by atoms with E-state index in [0.717, 1.165) is 28.7 Å². The zero-order valence-electron chi connectivity index (χ0n) is 16.9. The van der Waals surface area contributed by atoms with E-state index in [1.807, 2.05) is 6.07 Å². The molecule has 5 nitrogen and oxygen atoms in total. The van der Waals surface area contributed by atoms with E-state index in [4.69, 9.17) is 0 Å². The lowest BCUT2D eigenvalue weighted by Gasteiger charge is -2.16. The Labute approximate surface area is 187 Å². The molecule has 1 aromatic carbocycles. The van der Waals surface area contributed by atoms with Crippen molar-refractivity contribution in [2.45, 2.75) is 49.7 Å². The minimum Gasteiger partial charge on any atom is -0.351 e. The third-order valence-electron chi connectivity index (χ3n) is 5.74. The van der Waals surface area contributed by atoms with Crippen LogP contribution in [0.25, 0.3) is 19.5 Å². The van der Waals surface area contributed by atoms with Crippen LogP contribution >= 0.6 is 34.4 Å². The van der Waals surface area contributed by atoms with E-state index >= 15 is 0 Å². The number of fused-ring (bicyclic) bond motifs is 3. The lowest BCUT2D eigenvalue weighted by atomic mass is 10.2. The van der Waals surface area contributed by atoms with Crippen molar-refractivity contribution in [2.75, 3.05) is 12.8 Å². The normalized spacial score (nSPS) is 14.8. The van der Waals surface area contributed by atoms with E-state index in [1.54, 1.807) is 34.4 Å². The van der Waals surface area contributed by atoms with Gasteiger partial charge in [-0.15, -0.1) is 32.9 Å². The Balaban J connectivity index is 1.21. The Kier molecular flexibility index (Phi) is 5.80. The molecule has 1 aliphatic rings. The molecule has 0 unspecified atom stereocenters. The number of nitrogens with one attached hydrogen (secondary N) is 1. The Morgan fingerprint density at radius 3 is 2.87 bits per heavy atom. The molecule has 0 atom stereocenters. The predicted molar refractivity (Wildman–Crippen MR) is 127 cm³/mol. The summed E-state index contributed by atoms with van der Waals surface area (Å²) in [6.07, 6.45) is 8.80. The molecule has 0 saturated heterocycles. The minimum absolute atomic E-state index is 0.0227. The second-order valence-corrected chi connectivity index (χ2v) is 10.6. The average Bonchev–Trinajstić information content (AvgIpc) is 3.53. The summed E-state index contributed by atoms with van der Waals surface area (Å²) < 4.78 is 6.04. The fourth-order valence-electron chi connectivity index (χ4n) is 4.29. The zero-order chi connectivity index (χ0) is 20.5. The molecule has 0 radical (unpaired) electrons. The Hall–Kier alpha value is -1.90. The van der Waals surface area contributed by atoms with Crippen LogP contribution < -0.4 is 5.32 Å². The third-order valence-corrected chi connectivity index (χ3v) is 8.80. The molecule has 3 heterocycles. The molecule has 0 aliphatic heterocycles. The van der Waals surface area contributed by atoms with Crippen molar-refractivity contribution >= 4 is 59.8 Å². The van der Waals surface area contributed by atoms with Crippen LogP contribution in [0.5, 0.6) is 0 Å². The first kappa shape index (κ1) is 20.0. The highest BCUT2D eigenvalue weighted by molar-refractivity contribution is 7.98. The number of amides is 1. The molecule has 5 rings (SSSR count). The SMILES string of the molecule is CSc1nnc(CCCNC(=O)c2cc3sc4ccccc4c3s2)n1C1CCCC1. The highest BCUT2D eigenvalue weighted by Gasteiger charge is 2.23. The van der Waals surface area contributed by atoms with Crippen LogP contribution in [0.1, 0.15) is 53.6 Å². The van der Waals surface area contributed by atoms with Crippen LogP contribution in [0.15, 0.2) is 35.5 Å². The van der Waals surface area contributed by atoms with Gasteiger partial charge in [0.15, 0.2) is 5.16 Å². The predicted octanol–water partition coefficient (Wildman–Crippen LogP) is 5.91. The lowest BCUT2D eigenvalue weighted by Crippen LogP contribution is -2.24. The van der Waals surface area contributed by atoms with Crippen LogP contribution in [0.4, 0.5) is 0 Å². The van der Waals surface area contributed by atoms with Gasteiger partial charge in [-0.3, -0.25) is 4.79 Å². The number of hydrogen-bond donors (Lipinski definition) is 1. The maximum Gasteiger partial charge on any atom is 0.261 e. The molecule has 0 spiro atoms. The largest absolute Gasteiger partial charge is 0.351 e. The number of thiophene rings is 2. The molecule has 4 aromatic rings. The first-order chi connectivity index (χ1) is 14.7. The van der Waals surface area contributed by atoms with Crippen LogP contribution in [0, 0.1) is 0 Å². The van der Waals surface area contributed by atoms with Gasteiger partial charge in [-0.2, -0.15) is 0 Å². The summed E-state index contributed by atoms with van der Waals surface area (Å²) in [6.45, 7) is 0.650. The minimum atomic E-state index is 0.0227. The van der Waals surface area contributed by atoms with Crippen LogP contribution in [0.2, 0.25) is 0 Å². The van der Waals surface area contributed by atoms with Gasteiger partial charge in [-0.05, 0) is 37.7 Å². The van der Waals surface area contributed by atoms with Crippen molar-refractivity contribution in [1.82, 2.24) is 20.1 Å². The topological polar surface area (TPSA) is 59.8 Å². The summed E-state index contributed by atoms with van der Waals surface area (Å²) in [5.74, 6) is 1.08. The molecule has 1 N–H and O–H groups in total. The average molecular weight is 457 g/mol. The number of nitrogens with zero attached hydrogens (tertiary/aromatic N) is 3. The molecule has 156 valence electrons. The highest BCUT2D eigenvalue weighted by Crippen LogP contribution is 2.39. The maximum atomic E-state index is 12.7. The molecule has 0 bridgehead atoms. The molecule has 1 amide bonds. The maximum absolute atomic E-state index is 12.7. The molecule has 1 saturated carbocycles. The highest BCUT2D eigenvalue weighted by atomic mass is 32.2. The smallest absolute Gasteiger partial charge is 0.261 e. The number of rotatable bonds is 7. The molecule has 1 fully saturated rings. The van der Waals surface area contributed by atoms with Gasteiger partial charge in [0.1, 0.15) is 5.82 Å². The van der Waals surface area contributed by atoms with Gasteiger partial charge in [0.25, 0.3) is 5.91 Å². The quantitative estimate of drug-likeness (QED) is 0.277. The molecular weight excluding hydrogens is 432 g/mol. The van der Waals surface area contributed by atoms with Crippen LogP contribution in [-0.2, 0) is 6.42 Å². The van der Waals surface area contributed by atoms with Gasteiger partial charge in [0.2, 0.25) is 0 Å². The number of thioether (sulfide) groups is 1. The summed E-state index contributed by atoms with van der Waals surface area (Å²) in [6, 6.07) is 11.0. The van der Waals surface area contributed by atoms with E-state index in [9.17, 15) is 4.79 Å². The first-order valence-electron chi connectivity index (χ1n) is 10.4. The number of hydrogen-bond acceptors (Lipinski definition) is 6. The number of carbonyl (C=O) groups is 1. The van der Waals surface area contributed by atoms with Crippen molar-refractivity contribution in [2.24, 2.45) is 0 Å². The van der Waals surface area contributed by atoms with Gasteiger partial charge >= 0.3 is 0 Å². The van der Waals surface area contributed by atoms with E-state index < -0.39 is 0 Å². The number of benzene rings is 1. The fourth-order valence-corrected chi connectivity index (χ4v) is 7.31. The van der Waals surface area contributed by atoms with Crippen molar-refractivity contribution < 1.29 is 4.79 Å². The molecule has 8 heteroatoms. The van der Waals surface area contributed by atoms with Gasteiger partial charge in [-0.1, -0.05) is 42.8 Å². The Morgan fingerprint density at radius 2 is 2.03 bits per heavy atom. The van der Waals surface area contributed by atoms with Crippen LogP contribution in [-0.4, -0.2) is 33.5 Å². The molecule has 3 aromatic heterocycles. The first-order valence-corrected chi connectivity index (χ1v) is 13.3. The molecule has 30 heavy (non-hydrogen) atoms. The van der Waals surface area contributed by atoms with Crippen molar-refractivity contribution in [1.29, 1.82) is 0 Å². The number of carbonyl (C=O) groups excluding carboxylic acids is 1. The summed E-state index contributed by atoms with van der Waals surface area (Å²) in [5.41, 5.74) is 0. The summed E-state index contributed by atoms with van der Waals surface area (Å²) in [7, 11) is 0. The number of aromatic nitrogens is 3. The monoisotopic (exact) mass is 456 g/mol. The fraction of sp³-hybridized carbons (Fsp3) is 0.409. The Morgan fingerprint density at radius 1 is 1.20 bits per heavy atom. The van der Waals surface area contributed by atoms with E-state index in [0.29, 0.717) is 12.6 Å². The van der Waals surface area contributed by atoms with Crippen molar-refractivity contribution in [3.63, 3.8) is 0 Å². The summed E-state index contributed by atoms with van der Waals surface area (Å²) in [5, 5.41) is 14.2. The van der Waals surface area contributed by atoms with E-state index in [-0.39, 0.29) is 5.91 Å². The van der Waals surface area contributed by atoms with Gasteiger partial charge in [-0.25, -0.2) is 0 Å². The third kappa shape index (κ3) is 3.76. The van der Waals surface area contributed by atoms with E-state index in [2.05, 4.69) is 50.6 Å². The summed E-state index contributed by atoms with van der Waals surface area (Å²) >= 11 is 5.01. The number of aryl methyl sites for hydroxylation is 1. The summed E-state index contributed by atoms with van der Waals surface area (Å²) in [4.78, 5) is 13.4. The van der Waals surface area contributed by atoms with Crippen molar-refractivity contribution in [3.05, 3.63) is 41.0 Å². The lowest BCUT2D eigenvalue weighted by molar-refractivity contribution is 0.0957. The van der Waals surface area contributed by atoms with Crippen molar-refractivity contribution in [3.8, 4) is 0 Å².